The molecule has 0 aliphatic heterocycles. The lowest BCUT2D eigenvalue weighted by atomic mass is 9.88. The molecular weight excluding hydrogens is 506 g/mol. The van der Waals surface area contributed by atoms with Gasteiger partial charge in [-0.25, -0.2) is 4.98 Å². The van der Waals surface area contributed by atoms with Gasteiger partial charge in [-0.2, -0.15) is 0 Å². The SMILES string of the molecule is CC(C)C[C@H](CC(=O)[C@H](Cc1ccccc1)NC(=O)c1cnccn1)C(=O)N(C)N(C)C(=O)Cc1ccccc1. The molecule has 0 saturated carbocycles. The summed E-state index contributed by atoms with van der Waals surface area (Å²) in [5.74, 6) is -1.90. The minimum atomic E-state index is -0.873. The van der Waals surface area contributed by atoms with Crippen LogP contribution in [-0.2, 0) is 27.2 Å². The molecule has 0 radical (unpaired) electrons. The minimum absolute atomic E-state index is 0.0830. The Balaban J connectivity index is 1.76. The minimum Gasteiger partial charge on any atom is -0.341 e. The highest BCUT2D eigenvalue weighted by atomic mass is 16.2. The van der Waals surface area contributed by atoms with Crippen molar-refractivity contribution in [2.75, 3.05) is 14.1 Å². The lowest BCUT2D eigenvalue weighted by Gasteiger charge is -2.32. The van der Waals surface area contributed by atoms with E-state index in [4.69, 9.17) is 0 Å². The largest absolute Gasteiger partial charge is 0.341 e. The number of hydrazine groups is 1. The van der Waals surface area contributed by atoms with Crippen LogP contribution in [0.1, 0.15) is 48.3 Å². The molecule has 0 saturated heterocycles. The van der Waals surface area contributed by atoms with Gasteiger partial charge in [0, 0.05) is 38.8 Å². The predicted octanol–water partition coefficient (Wildman–Crippen LogP) is 3.51. The van der Waals surface area contributed by atoms with Gasteiger partial charge in [-0.1, -0.05) is 74.5 Å². The Kier molecular flexibility index (Phi) is 11.1. The highest BCUT2D eigenvalue weighted by molar-refractivity contribution is 5.97. The summed E-state index contributed by atoms with van der Waals surface area (Å²) in [5, 5.41) is 5.38. The quantitative estimate of drug-likeness (QED) is 0.350. The van der Waals surface area contributed by atoms with Crippen LogP contribution < -0.4 is 5.32 Å². The van der Waals surface area contributed by atoms with Crippen LogP contribution in [0.15, 0.2) is 79.3 Å². The Morgan fingerprint density at radius 1 is 0.850 bits per heavy atom. The number of nitrogens with zero attached hydrogens (tertiary/aromatic N) is 4. The maximum atomic E-state index is 13.7. The molecule has 0 fully saturated rings. The molecule has 1 N–H and O–H groups in total. The first kappa shape index (κ1) is 30.1. The number of Topliss-reactive ketones (excluding diaryl/α,β-unsaturated/α-hetero) is 1. The molecule has 1 aromatic heterocycles. The fourth-order valence-electron chi connectivity index (χ4n) is 4.43. The number of nitrogens with one attached hydrogen (secondary N) is 1. The maximum Gasteiger partial charge on any atom is 0.272 e. The van der Waals surface area contributed by atoms with Crippen molar-refractivity contribution in [2.45, 2.75) is 45.6 Å². The number of carbonyl (C=O) groups excluding carboxylic acids is 4. The fourth-order valence-corrected chi connectivity index (χ4v) is 4.43. The summed E-state index contributed by atoms with van der Waals surface area (Å²) in [5.41, 5.74) is 1.81. The Labute approximate surface area is 235 Å². The van der Waals surface area contributed by atoms with Gasteiger partial charge in [0.1, 0.15) is 5.69 Å². The van der Waals surface area contributed by atoms with Crippen LogP contribution in [-0.4, -0.2) is 63.6 Å². The molecule has 210 valence electrons. The zero-order valence-electron chi connectivity index (χ0n) is 23.5. The van der Waals surface area contributed by atoms with Gasteiger partial charge in [0.25, 0.3) is 5.91 Å². The van der Waals surface area contributed by atoms with Gasteiger partial charge in [0.05, 0.1) is 18.7 Å². The zero-order valence-corrected chi connectivity index (χ0v) is 23.5. The fraction of sp³-hybridized carbons (Fsp3) is 0.355. The van der Waals surface area contributed by atoms with E-state index in [0.29, 0.717) is 6.42 Å². The summed E-state index contributed by atoms with van der Waals surface area (Å²) >= 11 is 0. The maximum absolute atomic E-state index is 13.7. The Morgan fingerprint density at radius 3 is 2.05 bits per heavy atom. The van der Waals surface area contributed by atoms with Crippen LogP contribution in [0.4, 0.5) is 0 Å². The Bertz CT molecular complexity index is 1270. The number of amides is 3. The number of rotatable bonds is 12. The summed E-state index contributed by atoms with van der Waals surface area (Å²) in [6.07, 6.45) is 4.99. The van der Waals surface area contributed by atoms with Gasteiger partial charge in [-0.3, -0.25) is 34.2 Å². The summed E-state index contributed by atoms with van der Waals surface area (Å²) in [6, 6.07) is 17.8. The summed E-state index contributed by atoms with van der Waals surface area (Å²) in [7, 11) is 3.09. The van der Waals surface area contributed by atoms with Crippen LogP contribution in [0.2, 0.25) is 0 Å². The Hall–Kier alpha value is -4.40. The molecule has 1 heterocycles. The van der Waals surface area contributed by atoms with E-state index in [0.717, 1.165) is 11.1 Å². The van der Waals surface area contributed by atoms with Gasteiger partial charge in [0.2, 0.25) is 11.8 Å². The van der Waals surface area contributed by atoms with E-state index in [2.05, 4.69) is 15.3 Å². The van der Waals surface area contributed by atoms with Gasteiger partial charge in [-0.05, 0) is 29.9 Å². The van der Waals surface area contributed by atoms with Crippen molar-refractivity contribution < 1.29 is 19.2 Å². The first-order valence-corrected chi connectivity index (χ1v) is 13.4. The van der Waals surface area contributed by atoms with Gasteiger partial charge in [0.15, 0.2) is 5.78 Å². The van der Waals surface area contributed by atoms with E-state index in [1.807, 2.05) is 74.5 Å². The van der Waals surface area contributed by atoms with Gasteiger partial charge >= 0.3 is 0 Å². The molecule has 0 spiro atoms. The van der Waals surface area contributed by atoms with Crippen LogP contribution in [0.25, 0.3) is 0 Å². The standard InChI is InChI=1S/C31H37N5O4/c1-22(2)17-25(31(40)36(4)35(3)29(38)19-24-13-9-6-10-14-24)20-28(37)26(18-23-11-7-5-8-12-23)34-30(39)27-21-32-15-16-33-27/h5-16,21-22,25-26H,17-20H2,1-4H3,(H,34,39)/t25-,26+/m1/s1. The molecule has 0 aliphatic carbocycles. The van der Waals surface area contributed by atoms with Crippen LogP contribution in [0.3, 0.4) is 0 Å². The second-order valence-corrected chi connectivity index (χ2v) is 10.2. The van der Waals surface area contributed by atoms with Gasteiger partial charge in [-0.15, -0.1) is 0 Å². The molecular formula is C31H37N5O4. The topological polar surface area (TPSA) is 113 Å². The number of likely N-dealkylation sites (N-methyl/N-ethyl adjacent to an activating group) is 1. The molecule has 3 rings (SSSR count). The van der Waals surface area contributed by atoms with Gasteiger partial charge < -0.3 is 5.32 Å². The first-order valence-electron chi connectivity index (χ1n) is 13.4. The number of ketones is 1. The Morgan fingerprint density at radius 2 is 1.48 bits per heavy atom. The third-order valence-electron chi connectivity index (χ3n) is 6.65. The van der Waals surface area contributed by atoms with E-state index in [-0.39, 0.29) is 48.5 Å². The number of benzene rings is 2. The zero-order chi connectivity index (χ0) is 29.1. The number of hydrogen-bond acceptors (Lipinski definition) is 6. The highest BCUT2D eigenvalue weighted by Gasteiger charge is 2.32. The molecule has 2 aromatic carbocycles. The van der Waals surface area contributed by atoms with Crippen molar-refractivity contribution in [3.8, 4) is 0 Å². The summed E-state index contributed by atoms with van der Waals surface area (Å²) in [6.45, 7) is 3.96. The third-order valence-corrected chi connectivity index (χ3v) is 6.65. The molecule has 2 atom stereocenters. The smallest absolute Gasteiger partial charge is 0.272 e. The monoisotopic (exact) mass is 543 g/mol. The normalized spacial score (nSPS) is 12.3. The lowest BCUT2D eigenvalue weighted by Crippen LogP contribution is -2.49. The summed E-state index contributed by atoms with van der Waals surface area (Å²) < 4.78 is 0. The van der Waals surface area contributed by atoms with Crippen molar-refractivity contribution in [1.82, 2.24) is 25.3 Å². The molecule has 0 unspecified atom stereocenters. The van der Waals surface area contributed by atoms with E-state index in [9.17, 15) is 19.2 Å². The van der Waals surface area contributed by atoms with E-state index in [1.54, 1.807) is 14.1 Å². The predicted molar refractivity (Wildman–Crippen MR) is 152 cm³/mol. The second kappa shape index (κ2) is 14.7. The number of aromatic nitrogens is 2. The van der Waals surface area contributed by atoms with E-state index < -0.39 is 17.9 Å². The molecule has 0 bridgehead atoms. The van der Waals surface area contributed by atoms with Crippen molar-refractivity contribution >= 4 is 23.5 Å². The molecule has 9 nitrogen and oxygen atoms in total. The first-order chi connectivity index (χ1) is 19.2. The molecule has 0 aliphatic rings. The number of carbonyl (C=O) groups is 4. The molecule has 9 heteroatoms. The van der Waals surface area contributed by atoms with Crippen LogP contribution in [0.5, 0.6) is 0 Å². The summed E-state index contributed by atoms with van der Waals surface area (Å²) in [4.78, 5) is 61.0. The third kappa shape index (κ3) is 8.83. The van der Waals surface area contributed by atoms with Crippen molar-refractivity contribution in [3.05, 3.63) is 96.1 Å². The number of hydrogen-bond donors (Lipinski definition) is 1. The van der Waals surface area contributed by atoms with Crippen LogP contribution in [0, 0.1) is 11.8 Å². The average molecular weight is 544 g/mol. The molecule has 3 aromatic rings. The average Bonchev–Trinajstić information content (AvgIpc) is 2.96. The van der Waals surface area contributed by atoms with Crippen molar-refractivity contribution in [3.63, 3.8) is 0 Å². The van der Waals surface area contributed by atoms with Crippen molar-refractivity contribution in [1.29, 1.82) is 0 Å². The lowest BCUT2D eigenvalue weighted by molar-refractivity contribution is -0.161. The second-order valence-electron chi connectivity index (χ2n) is 10.2. The molecule has 3 amide bonds. The highest BCUT2D eigenvalue weighted by Crippen LogP contribution is 2.21. The van der Waals surface area contributed by atoms with E-state index in [1.165, 1.54) is 28.6 Å². The van der Waals surface area contributed by atoms with E-state index >= 15 is 0 Å². The van der Waals surface area contributed by atoms with Crippen molar-refractivity contribution in [2.24, 2.45) is 11.8 Å². The van der Waals surface area contributed by atoms with Crippen LogP contribution >= 0.6 is 0 Å². The molecule has 40 heavy (non-hydrogen) atoms.